The van der Waals surface area contributed by atoms with Gasteiger partial charge in [-0.15, -0.1) is 0 Å². The number of nitrogens with one attached hydrogen (secondary N) is 1. The van der Waals surface area contributed by atoms with Crippen LogP contribution in [0.25, 0.3) is 10.8 Å². The molecule has 2 atom stereocenters. The molecule has 0 heterocycles. The Morgan fingerprint density at radius 2 is 1.79 bits per heavy atom. The van der Waals surface area contributed by atoms with Gasteiger partial charge in [0.15, 0.2) is 0 Å². The number of aliphatic hydroxyl groups excluding tert-OH is 1. The van der Waals surface area contributed by atoms with Gasteiger partial charge < -0.3 is 15.2 Å². The van der Waals surface area contributed by atoms with E-state index in [0.717, 1.165) is 22.1 Å². The summed E-state index contributed by atoms with van der Waals surface area (Å²) in [4.78, 5) is 12.3. The highest BCUT2D eigenvalue weighted by atomic mass is 16.5. The van der Waals surface area contributed by atoms with Gasteiger partial charge in [0.05, 0.1) is 19.1 Å². The molecule has 0 spiro atoms. The van der Waals surface area contributed by atoms with Gasteiger partial charge in [-0.1, -0.05) is 38.1 Å². The molecule has 2 aromatic rings. The quantitative estimate of drug-likeness (QED) is 0.818. The number of methoxy groups -OCH3 is 1. The van der Waals surface area contributed by atoms with E-state index in [1.165, 1.54) is 0 Å². The van der Waals surface area contributed by atoms with E-state index in [2.05, 4.69) is 19.2 Å². The van der Waals surface area contributed by atoms with Crippen LogP contribution in [0.5, 0.6) is 5.75 Å². The summed E-state index contributed by atoms with van der Waals surface area (Å²) < 4.78 is 5.23. The van der Waals surface area contributed by atoms with Gasteiger partial charge in [0, 0.05) is 6.54 Å². The first kappa shape index (κ1) is 18.3. The van der Waals surface area contributed by atoms with Crippen LogP contribution < -0.4 is 10.1 Å². The molecule has 0 bridgehead atoms. The first-order valence-corrected chi connectivity index (χ1v) is 8.44. The maximum atomic E-state index is 12.3. The van der Waals surface area contributed by atoms with E-state index >= 15 is 0 Å². The predicted molar refractivity (Wildman–Crippen MR) is 97.4 cm³/mol. The molecule has 2 aromatic carbocycles. The molecule has 0 aromatic heterocycles. The summed E-state index contributed by atoms with van der Waals surface area (Å²) in [6, 6.07) is 11.9. The minimum atomic E-state index is -0.495. The standard InChI is InChI=1S/C20H27NO3/c1-13(2)9-18(22)12-21-20(23)14(3)15-5-6-17-11-19(24-4)8-7-16(17)10-15/h5-8,10-11,13-14,18,22H,9,12H2,1-4H3,(H,21,23)/t14-,18?/m0/s1. The summed E-state index contributed by atoms with van der Waals surface area (Å²) in [5.74, 6) is 0.903. The van der Waals surface area contributed by atoms with Gasteiger partial charge in [0.1, 0.15) is 5.75 Å². The fourth-order valence-corrected chi connectivity index (χ4v) is 2.79. The molecular weight excluding hydrogens is 302 g/mol. The molecule has 0 saturated heterocycles. The maximum Gasteiger partial charge on any atom is 0.227 e. The summed E-state index contributed by atoms with van der Waals surface area (Å²) in [6.45, 7) is 6.29. The van der Waals surface area contributed by atoms with E-state index in [1.807, 2.05) is 43.3 Å². The number of carbonyl (C=O) groups excluding carboxylic acids is 1. The van der Waals surface area contributed by atoms with Crippen molar-refractivity contribution in [2.45, 2.75) is 39.2 Å². The first-order chi connectivity index (χ1) is 11.4. The number of fused-ring (bicyclic) bond motifs is 1. The van der Waals surface area contributed by atoms with E-state index in [9.17, 15) is 9.90 Å². The largest absolute Gasteiger partial charge is 0.497 e. The second kappa shape index (κ2) is 8.15. The molecule has 2 N–H and O–H groups in total. The van der Waals surface area contributed by atoms with Crippen LogP contribution >= 0.6 is 0 Å². The average Bonchev–Trinajstić information content (AvgIpc) is 2.57. The normalized spacial score (nSPS) is 13.8. The Bertz CT molecular complexity index is 696. The first-order valence-electron chi connectivity index (χ1n) is 8.44. The van der Waals surface area contributed by atoms with Crippen molar-refractivity contribution in [1.29, 1.82) is 0 Å². The molecule has 4 heteroatoms. The van der Waals surface area contributed by atoms with Crippen LogP contribution in [-0.4, -0.2) is 30.8 Å². The highest BCUT2D eigenvalue weighted by Crippen LogP contribution is 2.25. The topological polar surface area (TPSA) is 58.6 Å². The number of rotatable bonds is 7. The number of hydrogen-bond acceptors (Lipinski definition) is 3. The van der Waals surface area contributed by atoms with E-state index in [0.29, 0.717) is 18.9 Å². The summed E-state index contributed by atoms with van der Waals surface area (Å²) in [7, 11) is 1.65. The van der Waals surface area contributed by atoms with Gasteiger partial charge in [-0.25, -0.2) is 0 Å². The van der Waals surface area contributed by atoms with Crippen molar-refractivity contribution in [2.24, 2.45) is 5.92 Å². The average molecular weight is 329 g/mol. The van der Waals surface area contributed by atoms with E-state index in [4.69, 9.17) is 4.74 Å². The fourth-order valence-electron chi connectivity index (χ4n) is 2.79. The molecule has 24 heavy (non-hydrogen) atoms. The Labute approximate surface area is 143 Å². The molecule has 0 fully saturated rings. The Kier molecular flexibility index (Phi) is 6.21. The van der Waals surface area contributed by atoms with Gasteiger partial charge in [-0.2, -0.15) is 0 Å². The van der Waals surface area contributed by atoms with Gasteiger partial charge in [0.25, 0.3) is 0 Å². The third-order valence-corrected chi connectivity index (χ3v) is 4.22. The molecule has 1 unspecified atom stereocenters. The van der Waals surface area contributed by atoms with Crippen LogP contribution in [-0.2, 0) is 4.79 Å². The monoisotopic (exact) mass is 329 g/mol. The van der Waals surface area contributed by atoms with E-state index in [-0.39, 0.29) is 11.8 Å². The smallest absolute Gasteiger partial charge is 0.227 e. The Hall–Kier alpha value is -2.07. The van der Waals surface area contributed by atoms with Gasteiger partial charge in [0.2, 0.25) is 5.91 Å². The molecule has 4 nitrogen and oxygen atoms in total. The SMILES string of the molecule is COc1ccc2cc([C@H](C)C(=O)NCC(O)CC(C)C)ccc2c1. The van der Waals surface area contributed by atoms with Gasteiger partial charge in [-0.3, -0.25) is 4.79 Å². The highest BCUT2D eigenvalue weighted by Gasteiger charge is 2.17. The number of hydrogen-bond donors (Lipinski definition) is 2. The molecule has 0 aliphatic carbocycles. The number of aliphatic hydroxyl groups is 1. The molecule has 2 rings (SSSR count). The van der Waals surface area contributed by atoms with Crippen molar-refractivity contribution in [1.82, 2.24) is 5.32 Å². The summed E-state index contributed by atoms with van der Waals surface area (Å²) in [5, 5.41) is 14.9. The molecule has 0 aliphatic heterocycles. The lowest BCUT2D eigenvalue weighted by Gasteiger charge is -2.17. The number of carbonyl (C=O) groups is 1. The second-order valence-corrected chi connectivity index (χ2v) is 6.72. The summed E-state index contributed by atoms with van der Waals surface area (Å²) in [5.41, 5.74) is 0.962. The van der Waals surface area contributed by atoms with Crippen molar-refractivity contribution in [3.05, 3.63) is 42.0 Å². The van der Waals surface area contributed by atoms with Crippen molar-refractivity contribution < 1.29 is 14.6 Å². The predicted octanol–water partition coefficient (Wildman–Crippen LogP) is 3.48. The van der Waals surface area contributed by atoms with Crippen LogP contribution in [0.1, 0.15) is 38.7 Å². The van der Waals surface area contributed by atoms with Crippen LogP contribution in [0, 0.1) is 5.92 Å². The molecule has 0 radical (unpaired) electrons. The van der Waals surface area contributed by atoms with Crippen molar-refractivity contribution in [3.63, 3.8) is 0 Å². The Balaban J connectivity index is 2.04. The molecule has 0 saturated carbocycles. The molecular formula is C20H27NO3. The van der Waals surface area contributed by atoms with Crippen molar-refractivity contribution >= 4 is 16.7 Å². The molecule has 0 aliphatic rings. The van der Waals surface area contributed by atoms with E-state index < -0.39 is 6.10 Å². The minimum absolute atomic E-state index is 0.0642. The lowest BCUT2D eigenvalue weighted by atomic mass is 9.97. The Morgan fingerprint density at radius 1 is 1.12 bits per heavy atom. The molecule has 130 valence electrons. The minimum Gasteiger partial charge on any atom is -0.497 e. The number of amides is 1. The zero-order valence-corrected chi connectivity index (χ0v) is 14.9. The highest BCUT2D eigenvalue weighted by molar-refractivity contribution is 5.88. The fraction of sp³-hybridized carbons (Fsp3) is 0.450. The second-order valence-electron chi connectivity index (χ2n) is 6.72. The lowest BCUT2D eigenvalue weighted by Crippen LogP contribution is -2.35. The lowest BCUT2D eigenvalue weighted by molar-refractivity contribution is -0.122. The third-order valence-electron chi connectivity index (χ3n) is 4.22. The zero-order valence-electron chi connectivity index (χ0n) is 14.9. The Morgan fingerprint density at radius 3 is 2.46 bits per heavy atom. The van der Waals surface area contributed by atoms with E-state index in [1.54, 1.807) is 7.11 Å². The van der Waals surface area contributed by atoms with Gasteiger partial charge >= 0.3 is 0 Å². The summed E-state index contributed by atoms with van der Waals surface area (Å²) >= 11 is 0. The zero-order chi connectivity index (χ0) is 17.7. The van der Waals surface area contributed by atoms with Crippen LogP contribution in [0.2, 0.25) is 0 Å². The molecule has 1 amide bonds. The van der Waals surface area contributed by atoms with Crippen LogP contribution in [0.15, 0.2) is 36.4 Å². The third kappa shape index (κ3) is 4.71. The maximum absolute atomic E-state index is 12.3. The number of benzene rings is 2. The number of ether oxygens (including phenoxy) is 1. The summed E-state index contributed by atoms with van der Waals surface area (Å²) in [6.07, 6.45) is 0.192. The van der Waals surface area contributed by atoms with Crippen molar-refractivity contribution in [3.8, 4) is 5.75 Å². The van der Waals surface area contributed by atoms with Crippen LogP contribution in [0.4, 0.5) is 0 Å². The van der Waals surface area contributed by atoms with Crippen LogP contribution in [0.3, 0.4) is 0 Å². The van der Waals surface area contributed by atoms with Crippen molar-refractivity contribution in [2.75, 3.05) is 13.7 Å². The van der Waals surface area contributed by atoms with Gasteiger partial charge in [-0.05, 0) is 47.7 Å².